The molecular formula is C10H18O3. The maximum absolute atomic E-state index is 11.2. The van der Waals surface area contributed by atoms with E-state index in [0.29, 0.717) is 13.0 Å². The highest BCUT2D eigenvalue weighted by atomic mass is 16.5. The molecule has 0 saturated heterocycles. The Hall–Kier alpha value is -0.860. The van der Waals surface area contributed by atoms with Gasteiger partial charge in [-0.25, -0.2) is 0 Å². The molecule has 3 heteroatoms. The van der Waals surface area contributed by atoms with Gasteiger partial charge in [-0.2, -0.15) is 0 Å². The third-order valence-corrected chi connectivity index (χ3v) is 1.78. The lowest BCUT2D eigenvalue weighted by molar-refractivity contribution is -0.151. The van der Waals surface area contributed by atoms with Crippen LogP contribution < -0.4 is 0 Å². The lowest BCUT2D eigenvalue weighted by Gasteiger charge is -2.08. The van der Waals surface area contributed by atoms with Gasteiger partial charge in [-0.1, -0.05) is 13.8 Å². The van der Waals surface area contributed by atoms with Gasteiger partial charge in [0.05, 0.1) is 6.61 Å². The van der Waals surface area contributed by atoms with Crippen molar-refractivity contribution in [2.24, 2.45) is 5.92 Å². The van der Waals surface area contributed by atoms with E-state index in [2.05, 4.69) is 0 Å². The lowest BCUT2D eigenvalue weighted by Crippen LogP contribution is -2.23. The first-order chi connectivity index (χ1) is 6.13. The minimum absolute atomic E-state index is 0.0244. The van der Waals surface area contributed by atoms with Crippen LogP contribution in [0.5, 0.6) is 0 Å². The second-order valence-electron chi connectivity index (χ2n) is 3.11. The fraction of sp³-hybridized carbons (Fsp3) is 0.800. The summed E-state index contributed by atoms with van der Waals surface area (Å²) in [5.74, 6) is -1.00. The molecule has 0 aliphatic carbocycles. The summed E-state index contributed by atoms with van der Waals surface area (Å²) in [5, 5.41) is 0. The summed E-state index contributed by atoms with van der Waals surface area (Å²) in [4.78, 5) is 22.4. The monoisotopic (exact) mass is 186 g/mol. The van der Waals surface area contributed by atoms with Crippen LogP contribution in [0, 0.1) is 5.92 Å². The van der Waals surface area contributed by atoms with Crippen molar-refractivity contribution in [2.45, 2.75) is 40.0 Å². The van der Waals surface area contributed by atoms with Crippen LogP contribution in [-0.2, 0) is 14.3 Å². The molecule has 0 aliphatic heterocycles. The summed E-state index contributed by atoms with van der Waals surface area (Å²) in [7, 11) is 0. The van der Waals surface area contributed by atoms with E-state index in [0.717, 1.165) is 12.8 Å². The van der Waals surface area contributed by atoms with Gasteiger partial charge in [0, 0.05) is 6.42 Å². The zero-order chi connectivity index (χ0) is 10.3. The van der Waals surface area contributed by atoms with E-state index < -0.39 is 5.92 Å². The zero-order valence-corrected chi connectivity index (χ0v) is 8.63. The number of ketones is 1. The quantitative estimate of drug-likeness (QED) is 0.470. The van der Waals surface area contributed by atoms with Crippen molar-refractivity contribution in [3.05, 3.63) is 0 Å². The molecule has 1 atom stereocenters. The van der Waals surface area contributed by atoms with Gasteiger partial charge in [0.15, 0.2) is 0 Å². The Morgan fingerprint density at radius 2 is 1.85 bits per heavy atom. The smallest absolute Gasteiger partial charge is 0.316 e. The molecular weight excluding hydrogens is 168 g/mol. The summed E-state index contributed by atoms with van der Waals surface area (Å²) in [5.41, 5.74) is 0. The van der Waals surface area contributed by atoms with Gasteiger partial charge >= 0.3 is 5.97 Å². The Bertz CT molecular complexity index is 175. The molecule has 1 unspecified atom stereocenters. The van der Waals surface area contributed by atoms with Crippen LogP contribution in [0.4, 0.5) is 0 Å². The van der Waals surface area contributed by atoms with Crippen LogP contribution in [0.15, 0.2) is 0 Å². The molecule has 0 N–H and O–H groups in total. The Balaban J connectivity index is 3.87. The normalized spacial score (nSPS) is 12.2. The third-order valence-electron chi connectivity index (χ3n) is 1.78. The van der Waals surface area contributed by atoms with Crippen LogP contribution in [0.1, 0.15) is 40.0 Å². The molecule has 0 heterocycles. The number of ether oxygens (including phenoxy) is 1. The van der Waals surface area contributed by atoms with E-state index in [1.54, 1.807) is 6.92 Å². The largest absolute Gasteiger partial charge is 0.465 e. The van der Waals surface area contributed by atoms with Gasteiger partial charge in [0.1, 0.15) is 11.7 Å². The number of Topliss-reactive ketones (excluding diaryl/α,β-unsaturated/α-hetero) is 1. The molecule has 0 bridgehead atoms. The molecule has 0 spiro atoms. The molecule has 0 aromatic rings. The predicted octanol–water partition coefficient (Wildman–Crippen LogP) is 1.94. The summed E-state index contributed by atoms with van der Waals surface area (Å²) >= 11 is 0. The number of rotatable bonds is 6. The van der Waals surface area contributed by atoms with E-state index in [1.807, 2.05) is 13.8 Å². The highest BCUT2D eigenvalue weighted by molar-refractivity contribution is 5.98. The van der Waals surface area contributed by atoms with E-state index in [1.165, 1.54) is 0 Å². The third kappa shape index (κ3) is 4.65. The summed E-state index contributed by atoms with van der Waals surface area (Å²) in [6, 6.07) is 0. The number of hydrogen-bond donors (Lipinski definition) is 0. The highest BCUT2D eigenvalue weighted by Crippen LogP contribution is 2.05. The van der Waals surface area contributed by atoms with Crippen LogP contribution in [0.3, 0.4) is 0 Å². The van der Waals surface area contributed by atoms with Gasteiger partial charge in [0.2, 0.25) is 0 Å². The molecule has 0 aromatic carbocycles. The fourth-order valence-electron chi connectivity index (χ4n) is 0.922. The second kappa shape index (κ2) is 6.63. The first kappa shape index (κ1) is 12.1. The maximum Gasteiger partial charge on any atom is 0.316 e. The Morgan fingerprint density at radius 3 is 2.31 bits per heavy atom. The Labute approximate surface area is 79.5 Å². The van der Waals surface area contributed by atoms with Crippen LogP contribution in [-0.4, -0.2) is 18.4 Å². The number of carbonyl (C=O) groups is 2. The fourth-order valence-corrected chi connectivity index (χ4v) is 0.922. The SMILES string of the molecule is CCCOC(=O)C(C)C(=O)CCC. The molecule has 0 aliphatic rings. The van der Waals surface area contributed by atoms with Gasteiger partial charge < -0.3 is 4.74 Å². The zero-order valence-electron chi connectivity index (χ0n) is 8.63. The molecule has 0 amide bonds. The van der Waals surface area contributed by atoms with Crippen molar-refractivity contribution in [2.75, 3.05) is 6.61 Å². The van der Waals surface area contributed by atoms with Gasteiger partial charge in [-0.15, -0.1) is 0 Å². The minimum atomic E-state index is -0.591. The molecule has 0 rings (SSSR count). The standard InChI is InChI=1S/C10H18O3/c1-4-6-9(11)8(3)10(12)13-7-5-2/h8H,4-7H2,1-3H3. The van der Waals surface area contributed by atoms with Crippen LogP contribution in [0.25, 0.3) is 0 Å². The minimum Gasteiger partial charge on any atom is -0.465 e. The Morgan fingerprint density at radius 1 is 1.23 bits per heavy atom. The molecule has 3 nitrogen and oxygen atoms in total. The van der Waals surface area contributed by atoms with Crippen molar-refractivity contribution in [3.8, 4) is 0 Å². The number of carbonyl (C=O) groups excluding carboxylic acids is 2. The molecule has 76 valence electrons. The lowest BCUT2D eigenvalue weighted by atomic mass is 10.0. The molecule has 0 radical (unpaired) electrons. The predicted molar refractivity (Wildman–Crippen MR) is 50.3 cm³/mol. The molecule has 13 heavy (non-hydrogen) atoms. The second-order valence-corrected chi connectivity index (χ2v) is 3.11. The summed E-state index contributed by atoms with van der Waals surface area (Å²) in [6.07, 6.45) is 2.03. The van der Waals surface area contributed by atoms with Crippen molar-refractivity contribution in [1.82, 2.24) is 0 Å². The van der Waals surface area contributed by atoms with E-state index >= 15 is 0 Å². The number of hydrogen-bond acceptors (Lipinski definition) is 3. The number of esters is 1. The van der Waals surface area contributed by atoms with Crippen LogP contribution in [0.2, 0.25) is 0 Å². The van der Waals surface area contributed by atoms with Crippen molar-refractivity contribution in [1.29, 1.82) is 0 Å². The van der Waals surface area contributed by atoms with E-state index in [4.69, 9.17) is 4.74 Å². The first-order valence-electron chi connectivity index (χ1n) is 4.82. The molecule has 0 aromatic heterocycles. The van der Waals surface area contributed by atoms with Crippen molar-refractivity contribution < 1.29 is 14.3 Å². The summed E-state index contributed by atoms with van der Waals surface area (Å²) < 4.78 is 4.86. The maximum atomic E-state index is 11.2. The van der Waals surface area contributed by atoms with Crippen molar-refractivity contribution in [3.63, 3.8) is 0 Å². The molecule has 0 saturated carbocycles. The topological polar surface area (TPSA) is 43.4 Å². The first-order valence-corrected chi connectivity index (χ1v) is 4.82. The molecule has 0 fully saturated rings. The van der Waals surface area contributed by atoms with Crippen molar-refractivity contribution >= 4 is 11.8 Å². The van der Waals surface area contributed by atoms with E-state index in [-0.39, 0.29) is 11.8 Å². The van der Waals surface area contributed by atoms with Gasteiger partial charge in [-0.3, -0.25) is 9.59 Å². The van der Waals surface area contributed by atoms with Crippen LogP contribution >= 0.6 is 0 Å². The summed E-state index contributed by atoms with van der Waals surface area (Å²) in [6.45, 7) is 5.85. The Kier molecular flexibility index (Phi) is 6.20. The van der Waals surface area contributed by atoms with Gasteiger partial charge in [-0.05, 0) is 19.8 Å². The van der Waals surface area contributed by atoms with Gasteiger partial charge in [0.25, 0.3) is 0 Å². The average molecular weight is 186 g/mol. The van der Waals surface area contributed by atoms with E-state index in [9.17, 15) is 9.59 Å². The highest BCUT2D eigenvalue weighted by Gasteiger charge is 2.21. The average Bonchev–Trinajstić information content (AvgIpc) is 2.13.